The number of carbonyl (C=O) groups excluding carboxylic acids is 1. The number of aromatic carboxylic acids is 1. The van der Waals surface area contributed by atoms with Gasteiger partial charge in [-0.25, -0.2) is 14.3 Å². The zero-order valence-corrected chi connectivity index (χ0v) is 17.8. The van der Waals surface area contributed by atoms with Crippen molar-refractivity contribution in [1.82, 2.24) is 14.6 Å². The molecule has 0 atom stereocenters. The molecule has 174 valence electrons. The number of nitrogens with zero attached hydrogens (tertiary/aromatic N) is 3. The molecule has 0 saturated heterocycles. The Morgan fingerprint density at radius 1 is 1.12 bits per heavy atom. The van der Waals surface area contributed by atoms with E-state index in [1.807, 2.05) is 0 Å². The minimum absolute atomic E-state index is 0.00489. The number of alkyl halides is 3. The molecule has 0 aliphatic heterocycles. The molecule has 0 spiro atoms. The summed E-state index contributed by atoms with van der Waals surface area (Å²) in [5, 5.41) is 16.0. The lowest BCUT2D eigenvalue weighted by molar-refractivity contribution is -0.138. The van der Waals surface area contributed by atoms with Crippen LogP contribution in [0.5, 0.6) is 5.75 Å². The van der Waals surface area contributed by atoms with E-state index in [0.717, 1.165) is 6.07 Å². The molecular formula is C23H17F3N4O4. The molecule has 0 aliphatic carbocycles. The van der Waals surface area contributed by atoms with Crippen LogP contribution in [-0.4, -0.2) is 38.7 Å². The number of fused-ring (bicyclic) bond motifs is 1. The van der Waals surface area contributed by atoms with E-state index < -0.39 is 23.6 Å². The van der Waals surface area contributed by atoms with E-state index in [2.05, 4.69) is 15.4 Å². The number of carbonyl (C=O) groups is 2. The summed E-state index contributed by atoms with van der Waals surface area (Å²) in [6.45, 7) is 1.32. The van der Waals surface area contributed by atoms with Gasteiger partial charge in [0.25, 0.3) is 5.91 Å². The van der Waals surface area contributed by atoms with Gasteiger partial charge < -0.3 is 15.2 Å². The number of aryl methyl sites for hydroxylation is 1. The molecular weight excluding hydrogens is 453 g/mol. The fraction of sp³-hybridized carbons (Fsp3) is 0.130. The average molecular weight is 470 g/mol. The molecule has 0 bridgehead atoms. The lowest BCUT2D eigenvalue weighted by atomic mass is 10.0. The van der Waals surface area contributed by atoms with Crippen LogP contribution in [0.2, 0.25) is 0 Å². The Hall–Kier alpha value is -4.41. The third-order valence-electron chi connectivity index (χ3n) is 5.18. The van der Waals surface area contributed by atoms with E-state index in [1.165, 1.54) is 43.1 Å². The molecule has 1 amide bonds. The standard InChI is InChI=1S/C23H17F3N4O4/c1-12-3-4-14(9-16(12)23(24,25)26)21(31)29-17-10-13(5-6-19(17)34-2)18-7-8-27-20-15(22(32)33)11-28-30(18)20/h3-11H,1-2H3,(H,29,31)(H,32,33). The first kappa shape index (κ1) is 22.8. The molecule has 11 heteroatoms. The van der Waals surface area contributed by atoms with E-state index in [1.54, 1.807) is 24.3 Å². The van der Waals surface area contributed by atoms with Crippen molar-refractivity contribution in [2.24, 2.45) is 0 Å². The zero-order chi connectivity index (χ0) is 24.6. The molecule has 4 aromatic rings. The fourth-order valence-electron chi connectivity index (χ4n) is 3.49. The lowest BCUT2D eigenvalue weighted by Gasteiger charge is -2.14. The maximum atomic E-state index is 13.3. The van der Waals surface area contributed by atoms with Crippen LogP contribution in [0.1, 0.15) is 31.8 Å². The highest BCUT2D eigenvalue weighted by atomic mass is 19.4. The fourth-order valence-corrected chi connectivity index (χ4v) is 3.49. The number of ether oxygens (including phenoxy) is 1. The number of rotatable bonds is 5. The number of aromatic nitrogens is 3. The second kappa shape index (κ2) is 8.50. The van der Waals surface area contributed by atoms with Crippen LogP contribution in [0.3, 0.4) is 0 Å². The molecule has 2 N–H and O–H groups in total. The smallest absolute Gasteiger partial charge is 0.416 e. The van der Waals surface area contributed by atoms with Gasteiger partial charge in [-0.2, -0.15) is 18.3 Å². The highest BCUT2D eigenvalue weighted by Crippen LogP contribution is 2.34. The Labute approximate surface area is 190 Å². The van der Waals surface area contributed by atoms with Gasteiger partial charge in [-0.05, 0) is 48.9 Å². The van der Waals surface area contributed by atoms with Crippen LogP contribution in [-0.2, 0) is 6.18 Å². The van der Waals surface area contributed by atoms with E-state index in [0.29, 0.717) is 11.3 Å². The van der Waals surface area contributed by atoms with E-state index in [9.17, 15) is 27.9 Å². The molecule has 2 aromatic heterocycles. The summed E-state index contributed by atoms with van der Waals surface area (Å²) < 4.78 is 46.4. The highest BCUT2D eigenvalue weighted by molar-refractivity contribution is 6.05. The molecule has 4 rings (SSSR count). The Morgan fingerprint density at radius 2 is 1.88 bits per heavy atom. The largest absolute Gasteiger partial charge is 0.495 e. The number of hydrogen-bond donors (Lipinski definition) is 2. The number of amides is 1. The normalized spacial score (nSPS) is 11.4. The van der Waals surface area contributed by atoms with Gasteiger partial charge in [0.05, 0.1) is 30.3 Å². The number of carboxylic acid groups (broad SMARTS) is 1. The van der Waals surface area contributed by atoms with Crippen molar-refractivity contribution in [2.45, 2.75) is 13.1 Å². The van der Waals surface area contributed by atoms with Crippen LogP contribution in [0.15, 0.2) is 54.9 Å². The topological polar surface area (TPSA) is 106 Å². The molecule has 2 heterocycles. The van der Waals surface area contributed by atoms with Gasteiger partial charge in [0, 0.05) is 17.3 Å². The predicted molar refractivity (Wildman–Crippen MR) is 116 cm³/mol. The zero-order valence-electron chi connectivity index (χ0n) is 17.8. The van der Waals surface area contributed by atoms with Crippen LogP contribution in [0.4, 0.5) is 18.9 Å². The molecule has 0 fully saturated rings. The van der Waals surface area contributed by atoms with E-state index >= 15 is 0 Å². The highest BCUT2D eigenvalue weighted by Gasteiger charge is 2.33. The second-order valence-electron chi connectivity index (χ2n) is 7.33. The van der Waals surface area contributed by atoms with E-state index in [4.69, 9.17) is 4.74 Å². The number of halogens is 3. The van der Waals surface area contributed by atoms with Crippen LogP contribution in [0, 0.1) is 6.92 Å². The number of methoxy groups -OCH3 is 1. The Morgan fingerprint density at radius 3 is 2.56 bits per heavy atom. The van der Waals surface area contributed by atoms with Gasteiger partial charge in [0.15, 0.2) is 5.65 Å². The first-order valence-corrected chi connectivity index (χ1v) is 9.84. The van der Waals surface area contributed by atoms with Crippen molar-refractivity contribution >= 4 is 23.2 Å². The van der Waals surface area contributed by atoms with Crippen LogP contribution >= 0.6 is 0 Å². The first-order chi connectivity index (χ1) is 16.1. The summed E-state index contributed by atoms with van der Waals surface area (Å²) in [5.74, 6) is -1.66. The lowest BCUT2D eigenvalue weighted by Crippen LogP contribution is -2.15. The van der Waals surface area contributed by atoms with Gasteiger partial charge in [-0.3, -0.25) is 4.79 Å². The predicted octanol–water partition coefficient (Wildman–Crippen LogP) is 4.68. The molecule has 2 aromatic carbocycles. The maximum Gasteiger partial charge on any atom is 0.416 e. The Bertz CT molecular complexity index is 1430. The molecule has 34 heavy (non-hydrogen) atoms. The van der Waals surface area contributed by atoms with Gasteiger partial charge in [0.2, 0.25) is 0 Å². The van der Waals surface area contributed by atoms with E-state index in [-0.39, 0.29) is 33.8 Å². The molecule has 8 nitrogen and oxygen atoms in total. The van der Waals surface area contributed by atoms with Crippen molar-refractivity contribution in [3.63, 3.8) is 0 Å². The summed E-state index contributed by atoms with van der Waals surface area (Å²) in [5.41, 5.74) is 0.200. The summed E-state index contributed by atoms with van der Waals surface area (Å²) >= 11 is 0. The van der Waals surface area contributed by atoms with Crippen molar-refractivity contribution in [3.05, 3.63) is 77.1 Å². The quantitative estimate of drug-likeness (QED) is 0.439. The molecule has 0 saturated carbocycles. The summed E-state index contributed by atoms with van der Waals surface area (Å²) in [6, 6.07) is 9.72. The minimum atomic E-state index is -4.59. The van der Waals surface area contributed by atoms with Crippen molar-refractivity contribution < 1.29 is 32.6 Å². The first-order valence-electron chi connectivity index (χ1n) is 9.84. The summed E-state index contributed by atoms with van der Waals surface area (Å²) in [7, 11) is 1.38. The third-order valence-corrected chi connectivity index (χ3v) is 5.18. The van der Waals surface area contributed by atoms with Crippen LogP contribution in [0.25, 0.3) is 16.9 Å². The monoisotopic (exact) mass is 470 g/mol. The second-order valence-corrected chi connectivity index (χ2v) is 7.33. The van der Waals surface area contributed by atoms with Crippen LogP contribution < -0.4 is 10.1 Å². The van der Waals surface area contributed by atoms with Gasteiger partial charge in [0.1, 0.15) is 11.3 Å². The Kier molecular flexibility index (Phi) is 5.70. The van der Waals surface area contributed by atoms with Crippen molar-refractivity contribution in [3.8, 4) is 17.0 Å². The van der Waals surface area contributed by atoms with Gasteiger partial charge in [-0.15, -0.1) is 0 Å². The molecule has 0 unspecified atom stereocenters. The summed E-state index contributed by atoms with van der Waals surface area (Å²) in [4.78, 5) is 28.2. The maximum absolute atomic E-state index is 13.3. The number of anilines is 1. The number of benzene rings is 2. The minimum Gasteiger partial charge on any atom is -0.495 e. The molecule has 0 radical (unpaired) electrons. The van der Waals surface area contributed by atoms with Gasteiger partial charge in [-0.1, -0.05) is 6.07 Å². The third kappa shape index (κ3) is 4.15. The number of hydrogen-bond acceptors (Lipinski definition) is 5. The van der Waals surface area contributed by atoms with Gasteiger partial charge >= 0.3 is 12.1 Å². The van der Waals surface area contributed by atoms with Crippen molar-refractivity contribution in [1.29, 1.82) is 0 Å². The molecule has 0 aliphatic rings. The number of nitrogens with one attached hydrogen (secondary N) is 1. The number of carboxylic acids is 1. The summed E-state index contributed by atoms with van der Waals surface area (Å²) in [6.07, 6.45) is -1.99. The van der Waals surface area contributed by atoms with Crippen molar-refractivity contribution in [2.75, 3.05) is 12.4 Å². The SMILES string of the molecule is COc1ccc(-c2ccnc3c(C(=O)O)cnn23)cc1NC(=O)c1ccc(C)c(C(F)(F)F)c1. The Balaban J connectivity index is 1.73. The average Bonchev–Trinajstić information content (AvgIpc) is 3.23.